The highest BCUT2D eigenvalue weighted by Gasteiger charge is 2.39. The van der Waals surface area contributed by atoms with E-state index in [1.54, 1.807) is 11.3 Å². The molecule has 0 aliphatic carbocycles. The second-order valence-corrected chi connectivity index (χ2v) is 7.71. The van der Waals surface area contributed by atoms with E-state index < -0.39 is 0 Å². The zero-order valence-electron chi connectivity index (χ0n) is 12.7. The summed E-state index contributed by atoms with van der Waals surface area (Å²) in [7, 11) is 0. The first-order chi connectivity index (χ1) is 10.8. The first kappa shape index (κ1) is 14.2. The van der Waals surface area contributed by atoms with Crippen molar-refractivity contribution in [3.63, 3.8) is 0 Å². The summed E-state index contributed by atoms with van der Waals surface area (Å²) >= 11 is 1.62. The number of thiazole rings is 1. The van der Waals surface area contributed by atoms with E-state index >= 15 is 0 Å². The number of nitrogens with two attached hydrogens (primary N) is 1. The van der Waals surface area contributed by atoms with E-state index in [0.717, 1.165) is 24.9 Å². The van der Waals surface area contributed by atoms with Gasteiger partial charge in [-0.1, -0.05) is 30.3 Å². The Morgan fingerprint density at radius 2 is 1.64 bits per heavy atom. The molecule has 2 fully saturated rings. The Morgan fingerprint density at radius 3 is 2.23 bits per heavy atom. The second-order valence-electron chi connectivity index (χ2n) is 6.56. The van der Waals surface area contributed by atoms with E-state index in [2.05, 4.69) is 45.1 Å². The van der Waals surface area contributed by atoms with Gasteiger partial charge in [0.2, 0.25) is 0 Å². The molecule has 2 aliphatic rings. The van der Waals surface area contributed by atoms with Gasteiger partial charge in [0, 0.05) is 50.3 Å². The lowest BCUT2D eigenvalue weighted by atomic mass is 10.0. The number of benzene rings is 1. The van der Waals surface area contributed by atoms with Crippen molar-refractivity contribution in [2.24, 2.45) is 11.8 Å². The average molecular weight is 314 g/mol. The topological polar surface area (TPSA) is 45.4 Å². The Hall–Kier alpha value is -1.43. The van der Waals surface area contributed by atoms with Crippen LogP contribution in [-0.2, 0) is 13.1 Å². The fourth-order valence-corrected chi connectivity index (χ4v) is 4.63. The minimum Gasteiger partial charge on any atom is -0.375 e. The summed E-state index contributed by atoms with van der Waals surface area (Å²) in [5, 5.41) is 0.684. The molecule has 2 saturated heterocycles. The number of hydrogen-bond donors (Lipinski definition) is 1. The first-order valence-electron chi connectivity index (χ1n) is 7.95. The van der Waals surface area contributed by atoms with Gasteiger partial charge >= 0.3 is 0 Å². The summed E-state index contributed by atoms with van der Waals surface area (Å²) in [5.41, 5.74) is 7.15. The highest BCUT2D eigenvalue weighted by atomic mass is 32.1. The molecule has 0 amide bonds. The Morgan fingerprint density at radius 1 is 1.00 bits per heavy atom. The largest absolute Gasteiger partial charge is 0.375 e. The maximum absolute atomic E-state index is 5.72. The third-order valence-electron chi connectivity index (χ3n) is 4.84. The molecular formula is C17H22N4S. The molecular weight excluding hydrogens is 292 g/mol. The predicted molar refractivity (Wildman–Crippen MR) is 90.5 cm³/mol. The van der Waals surface area contributed by atoms with E-state index in [1.165, 1.54) is 36.6 Å². The molecule has 1 aromatic heterocycles. The Kier molecular flexibility index (Phi) is 3.86. The molecule has 4 rings (SSSR count). The van der Waals surface area contributed by atoms with Crippen LogP contribution in [0.4, 0.5) is 5.13 Å². The fourth-order valence-electron chi connectivity index (χ4n) is 3.90. The number of nitrogen functional groups attached to an aromatic ring is 1. The fraction of sp³-hybridized carbons (Fsp3) is 0.471. The van der Waals surface area contributed by atoms with Gasteiger partial charge in [-0.2, -0.15) is 0 Å². The van der Waals surface area contributed by atoms with Crippen LogP contribution < -0.4 is 5.73 Å². The Balaban J connectivity index is 1.31. The van der Waals surface area contributed by atoms with Gasteiger partial charge in [0.25, 0.3) is 0 Å². The van der Waals surface area contributed by atoms with Crippen molar-refractivity contribution in [1.82, 2.24) is 14.8 Å². The van der Waals surface area contributed by atoms with Crippen LogP contribution >= 0.6 is 11.3 Å². The normalized spacial score (nSPS) is 25.6. The van der Waals surface area contributed by atoms with Gasteiger partial charge in [-0.3, -0.25) is 9.80 Å². The molecule has 0 spiro atoms. The monoisotopic (exact) mass is 314 g/mol. The van der Waals surface area contributed by atoms with Crippen LogP contribution in [0.1, 0.15) is 10.4 Å². The Bertz CT molecular complexity index is 613. The zero-order valence-corrected chi connectivity index (χ0v) is 13.5. The number of anilines is 1. The molecule has 2 N–H and O–H groups in total. The van der Waals surface area contributed by atoms with Gasteiger partial charge < -0.3 is 5.73 Å². The van der Waals surface area contributed by atoms with Crippen LogP contribution in [0.25, 0.3) is 0 Å². The van der Waals surface area contributed by atoms with Crippen LogP contribution in [0.3, 0.4) is 0 Å². The molecule has 3 heterocycles. The maximum atomic E-state index is 5.72. The number of likely N-dealkylation sites (tertiary alicyclic amines) is 2. The molecule has 116 valence electrons. The van der Waals surface area contributed by atoms with Gasteiger partial charge in [-0.15, -0.1) is 11.3 Å². The Labute approximate surface area is 135 Å². The molecule has 0 bridgehead atoms. The lowest BCUT2D eigenvalue weighted by Gasteiger charge is -2.20. The molecule has 4 nitrogen and oxygen atoms in total. The standard InChI is InChI=1S/C17H22N4S/c18-17-19-6-16(22-17)12-21-10-14-8-20(9-15(14)11-21)7-13-4-2-1-3-5-13/h1-6,14-15H,7-12H2,(H2,18,19)/t14-,15+. The van der Waals surface area contributed by atoms with Gasteiger partial charge in [0.15, 0.2) is 5.13 Å². The summed E-state index contributed by atoms with van der Waals surface area (Å²) in [6.07, 6.45) is 1.93. The van der Waals surface area contributed by atoms with Gasteiger partial charge in [0.05, 0.1) is 0 Å². The van der Waals surface area contributed by atoms with Gasteiger partial charge in [-0.25, -0.2) is 4.98 Å². The molecule has 22 heavy (non-hydrogen) atoms. The number of hydrogen-bond acceptors (Lipinski definition) is 5. The van der Waals surface area contributed by atoms with Crippen molar-refractivity contribution in [3.8, 4) is 0 Å². The zero-order chi connectivity index (χ0) is 14.9. The molecule has 2 aromatic rings. The molecule has 2 atom stereocenters. The third kappa shape index (κ3) is 3.02. The number of aromatic nitrogens is 1. The number of nitrogens with zero attached hydrogens (tertiary/aromatic N) is 3. The lowest BCUT2D eigenvalue weighted by molar-refractivity contribution is 0.247. The van der Waals surface area contributed by atoms with E-state index in [4.69, 9.17) is 5.73 Å². The molecule has 0 unspecified atom stereocenters. The summed E-state index contributed by atoms with van der Waals surface area (Å²) < 4.78 is 0. The summed E-state index contributed by atoms with van der Waals surface area (Å²) in [4.78, 5) is 10.6. The van der Waals surface area contributed by atoms with Crippen molar-refractivity contribution in [2.75, 3.05) is 31.9 Å². The highest BCUT2D eigenvalue weighted by Crippen LogP contribution is 2.33. The van der Waals surface area contributed by atoms with Crippen molar-refractivity contribution >= 4 is 16.5 Å². The smallest absolute Gasteiger partial charge is 0.180 e. The average Bonchev–Trinajstić information content (AvgIpc) is 3.16. The second kappa shape index (κ2) is 5.99. The van der Waals surface area contributed by atoms with E-state index in [-0.39, 0.29) is 0 Å². The number of rotatable bonds is 4. The first-order valence-corrected chi connectivity index (χ1v) is 8.77. The highest BCUT2D eigenvalue weighted by molar-refractivity contribution is 7.15. The van der Waals surface area contributed by atoms with Gasteiger partial charge in [0.1, 0.15) is 0 Å². The lowest BCUT2D eigenvalue weighted by Crippen LogP contribution is -2.28. The molecule has 0 radical (unpaired) electrons. The van der Waals surface area contributed by atoms with Crippen molar-refractivity contribution in [2.45, 2.75) is 13.1 Å². The van der Waals surface area contributed by atoms with Crippen LogP contribution in [-0.4, -0.2) is 41.0 Å². The van der Waals surface area contributed by atoms with Gasteiger partial charge in [-0.05, 0) is 17.4 Å². The maximum Gasteiger partial charge on any atom is 0.180 e. The SMILES string of the molecule is Nc1ncc(CN2C[C@H]3CN(Cc4ccccc4)C[C@H]3C2)s1. The summed E-state index contributed by atoms with van der Waals surface area (Å²) in [5.74, 6) is 1.66. The van der Waals surface area contributed by atoms with Crippen LogP contribution in [0.5, 0.6) is 0 Å². The number of fused-ring (bicyclic) bond motifs is 1. The van der Waals surface area contributed by atoms with E-state index in [9.17, 15) is 0 Å². The van der Waals surface area contributed by atoms with Crippen LogP contribution in [0.2, 0.25) is 0 Å². The third-order valence-corrected chi connectivity index (χ3v) is 5.65. The minimum absolute atomic E-state index is 0.684. The minimum atomic E-state index is 0.684. The molecule has 0 saturated carbocycles. The van der Waals surface area contributed by atoms with E-state index in [1.807, 2.05) is 6.20 Å². The van der Waals surface area contributed by atoms with E-state index in [0.29, 0.717) is 5.13 Å². The van der Waals surface area contributed by atoms with Crippen molar-refractivity contribution in [1.29, 1.82) is 0 Å². The predicted octanol–water partition coefficient (Wildman–Crippen LogP) is 2.29. The molecule has 5 heteroatoms. The summed E-state index contributed by atoms with van der Waals surface area (Å²) in [6.45, 7) is 7.02. The van der Waals surface area contributed by atoms with Crippen molar-refractivity contribution in [3.05, 3.63) is 47.0 Å². The quantitative estimate of drug-likeness (QED) is 0.940. The van der Waals surface area contributed by atoms with Crippen LogP contribution in [0, 0.1) is 11.8 Å². The van der Waals surface area contributed by atoms with Crippen LogP contribution in [0.15, 0.2) is 36.5 Å². The molecule has 1 aromatic carbocycles. The summed E-state index contributed by atoms with van der Waals surface area (Å²) in [6, 6.07) is 10.8. The molecule has 2 aliphatic heterocycles. The van der Waals surface area contributed by atoms with Crippen molar-refractivity contribution < 1.29 is 0 Å².